The standard InChI is InChI=1S/C14H18FN3O/c1-4-9-19-13-12(17-18(3)14(13)16-2)10-7-5-6-8-11(10)15/h5-8,16H,4,9H2,1-3H3. The lowest BCUT2D eigenvalue weighted by Gasteiger charge is -2.08. The maximum atomic E-state index is 13.9. The molecule has 0 aliphatic heterocycles. The third kappa shape index (κ3) is 2.54. The van der Waals surface area contributed by atoms with Crippen LogP contribution in [-0.4, -0.2) is 23.4 Å². The third-order valence-electron chi connectivity index (χ3n) is 2.82. The van der Waals surface area contributed by atoms with Crippen LogP contribution in [0.2, 0.25) is 0 Å². The SMILES string of the molecule is CCCOc1c(-c2ccccc2F)nn(C)c1NC. The van der Waals surface area contributed by atoms with Crippen molar-refractivity contribution < 1.29 is 9.13 Å². The Labute approximate surface area is 112 Å². The summed E-state index contributed by atoms with van der Waals surface area (Å²) in [5.41, 5.74) is 0.976. The van der Waals surface area contributed by atoms with Crippen LogP contribution < -0.4 is 10.1 Å². The Kier molecular flexibility index (Phi) is 4.04. The number of aryl methyl sites for hydroxylation is 1. The van der Waals surface area contributed by atoms with E-state index in [1.165, 1.54) is 6.07 Å². The molecule has 0 fully saturated rings. The lowest BCUT2D eigenvalue weighted by molar-refractivity contribution is 0.320. The summed E-state index contributed by atoms with van der Waals surface area (Å²) in [5.74, 6) is 1.04. The number of nitrogens with one attached hydrogen (secondary N) is 1. The second-order valence-electron chi connectivity index (χ2n) is 4.23. The van der Waals surface area contributed by atoms with Gasteiger partial charge < -0.3 is 10.1 Å². The molecule has 0 radical (unpaired) electrons. The molecule has 0 aliphatic rings. The highest BCUT2D eigenvalue weighted by molar-refractivity contribution is 5.74. The van der Waals surface area contributed by atoms with E-state index in [1.807, 2.05) is 6.92 Å². The Hall–Kier alpha value is -2.04. The third-order valence-corrected chi connectivity index (χ3v) is 2.82. The normalized spacial score (nSPS) is 10.5. The predicted molar refractivity (Wildman–Crippen MR) is 73.9 cm³/mol. The van der Waals surface area contributed by atoms with E-state index < -0.39 is 0 Å². The molecule has 0 saturated carbocycles. The summed E-state index contributed by atoms with van der Waals surface area (Å²) in [5, 5.41) is 7.39. The van der Waals surface area contributed by atoms with Gasteiger partial charge in [-0.1, -0.05) is 19.1 Å². The van der Waals surface area contributed by atoms with Gasteiger partial charge in [-0.15, -0.1) is 0 Å². The number of rotatable bonds is 5. The average Bonchev–Trinajstić information content (AvgIpc) is 2.72. The maximum Gasteiger partial charge on any atom is 0.189 e. The maximum absolute atomic E-state index is 13.9. The van der Waals surface area contributed by atoms with E-state index in [0.717, 1.165) is 12.2 Å². The fourth-order valence-corrected chi connectivity index (χ4v) is 1.95. The van der Waals surface area contributed by atoms with Crippen molar-refractivity contribution in [1.29, 1.82) is 0 Å². The highest BCUT2D eigenvalue weighted by atomic mass is 19.1. The van der Waals surface area contributed by atoms with Crippen molar-refractivity contribution in [3.63, 3.8) is 0 Å². The molecule has 2 rings (SSSR count). The van der Waals surface area contributed by atoms with E-state index in [9.17, 15) is 4.39 Å². The molecule has 0 spiro atoms. The van der Waals surface area contributed by atoms with Crippen molar-refractivity contribution in [2.75, 3.05) is 19.0 Å². The molecule has 1 aromatic heterocycles. The highest BCUT2D eigenvalue weighted by Crippen LogP contribution is 2.36. The Balaban J connectivity index is 2.53. The van der Waals surface area contributed by atoms with Gasteiger partial charge in [0.25, 0.3) is 0 Å². The van der Waals surface area contributed by atoms with Gasteiger partial charge in [-0.3, -0.25) is 0 Å². The molecule has 1 heterocycles. The molecule has 2 aromatic rings. The monoisotopic (exact) mass is 263 g/mol. The molecule has 0 bridgehead atoms. The number of halogens is 1. The first kappa shape index (κ1) is 13.4. The van der Waals surface area contributed by atoms with Gasteiger partial charge >= 0.3 is 0 Å². The minimum absolute atomic E-state index is 0.301. The van der Waals surface area contributed by atoms with E-state index >= 15 is 0 Å². The fourth-order valence-electron chi connectivity index (χ4n) is 1.95. The van der Waals surface area contributed by atoms with Crippen molar-refractivity contribution in [3.05, 3.63) is 30.1 Å². The molecule has 5 heteroatoms. The van der Waals surface area contributed by atoms with Crippen molar-refractivity contribution in [3.8, 4) is 17.0 Å². The van der Waals surface area contributed by atoms with Gasteiger partial charge in [0.1, 0.15) is 11.5 Å². The summed E-state index contributed by atoms with van der Waals surface area (Å²) < 4.78 is 21.3. The van der Waals surface area contributed by atoms with Crippen molar-refractivity contribution in [1.82, 2.24) is 9.78 Å². The predicted octanol–water partition coefficient (Wildman–Crippen LogP) is 3.06. The van der Waals surface area contributed by atoms with Crippen LogP contribution in [0.25, 0.3) is 11.3 Å². The molecule has 0 aliphatic carbocycles. The van der Waals surface area contributed by atoms with Gasteiger partial charge in [-0.05, 0) is 18.6 Å². The summed E-state index contributed by atoms with van der Waals surface area (Å²) in [6.45, 7) is 2.60. The summed E-state index contributed by atoms with van der Waals surface area (Å²) in [4.78, 5) is 0. The lowest BCUT2D eigenvalue weighted by atomic mass is 10.1. The molecule has 4 nitrogen and oxygen atoms in total. The van der Waals surface area contributed by atoms with E-state index in [-0.39, 0.29) is 5.82 Å². The summed E-state index contributed by atoms with van der Waals surface area (Å²) in [6.07, 6.45) is 0.884. The van der Waals surface area contributed by atoms with Crippen LogP contribution in [0.15, 0.2) is 24.3 Å². The van der Waals surface area contributed by atoms with E-state index in [0.29, 0.717) is 23.6 Å². The molecule has 1 N–H and O–H groups in total. The largest absolute Gasteiger partial charge is 0.488 e. The Morgan fingerprint density at radius 2 is 2.11 bits per heavy atom. The zero-order chi connectivity index (χ0) is 13.8. The zero-order valence-electron chi connectivity index (χ0n) is 11.4. The van der Waals surface area contributed by atoms with Gasteiger partial charge in [0.15, 0.2) is 11.6 Å². The zero-order valence-corrected chi connectivity index (χ0v) is 11.4. The van der Waals surface area contributed by atoms with Gasteiger partial charge in [0, 0.05) is 19.7 Å². The van der Waals surface area contributed by atoms with Crippen molar-refractivity contribution in [2.45, 2.75) is 13.3 Å². The molecule has 0 saturated heterocycles. The molecular weight excluding hydrogens is 245 g/mol. The molecule has 0 unspecified atom stereocenters. The van der Waals surface area contributed by atoms with Crippen LogP contribution in [0, 0.1) is 5.82 Å². The first-order chi connectivity index (χ1) is 9.19. The first-order valence-electron chi connectivity index (χ1n) is 6.31. The van der Waals surface area contributed by atoms with Crippen molar-refractivity contribution >= 4 is 5.82 Å². The second kappa shape index (κ2) is 5.73. The minimum Gasteiger partial charge on any atom is -0.488 e. The quantitative estimate of drug-likeness (QED) is 0.901. The molecule has 19 heavy (non-hydrogen) atoms. The fraction of sp³-hybridized carbons (Fsp3) is 0.357. The number of benzene rings is 1. The van der Waals surface area contributed by atoms with Crippen molar-refractivity contribution in [2.24, 2.45) is 7.05 Å². The van der Waals surface area contributed by atoms with Gasteiger partial charge in [0.05, 0.1) is 6.61 Å². The topological polar surface area (TPSA) is 39.1 Å². The van der Waals surface area contributed by atoms with Crippen LogP contribution in [0.5, 0.6) is 5.75 Å². The number of anilines is 1. The summed E-state index contributed by atoms with van der Waals surface area (Å²) in [7, 11) is 3.59. The van der Waals surface area contributed by atoms with Crippen LogP contribution in [-0.2, 0) is 7.05 Å². The smallest absolute Gasteiger partial charge is 0.189 e. The lowest BCUT2D eigenvalue weighted by Crippen LogP contribution is -2.01. The van der Waals surface area contributed by atoms with E-state index in [2.05, 4.69) is 10.4 Å². The molecular formula is C14H18FN3O. The molecule has 102 valence electrons. The summed E-state index contributed by atoms with van der Waals surface area (Å²) >= 11 is 0. The molecule has 1 aromatic carbocycles. The first-order valence-corrected chi connectivity index (χ1v) is 6.31. The van der Waals surface area contributed by atoms with Crippen LogP contribution in [0.1, 0.15) is 13.3 Å². The Morgan fingerprint density at radius 1 is 1.37 bits per heavy atom. The minimum atomic E-state index is -0.301. The Bertz CT molecular complexity index is 566. The van der Waals surface area contributed by atoms with Gasteiger partial charge in [-0.2, -0.15) is 5.10 Å². The van der Waals surface area contributed by atoms with E-state index in [1.54, 1.807) is 37.0 Å². The molecule has 0 amide bonds. The number of hydrogen-bond acceptors (Lipinski definition) is 3. The number of ether oxygens (including phenoxy) is 1. The van der Waals surface area contributed by atoms with E-state index in [4.69, 9.17) is 4.74 Å². The highest BCUT2D eigenvalue weighted by Gasteiger charge is 2.20. The van der Waals surface area contributed by atoms with Crippen LogP contribution in [0.4, 0.5) is 10.2 Å². The Morgan fingerprint density at radius 3 is 2.74 bits per heavy atom. The van der Waals surface area contributed by atoms with Gasteiger partial charge in [-0.25, -0.2) is 9.07 Å². The molecule has 0 atom stereocenters. The summed E-state index contributed by atoms with van der Waals surface area (Å²) in [6, 6.07) is 6.58. The number of nitrogens with zero attached hydrogens (tertiary/aromatic N) is 2. The second-order valence-corrected chi connectivity index (χ2v) is 4.23. The number of hydrogen-bond donors (Lipinski definition) is 1. The number of aromatic nitrogens is 2. The van der Waals surface area contributed by atoms with Crippen LogP contribution >= 0.6 is 0 Å². The van der Waals surface area contributed by atoms with Crippen LogP contribution in [0.3, 0.4) is 0 Å². The average molecular weight is 263 g/mol. The van der Waals surface area contributed by atoms with Gasteiger partial charge in [0.2, 0.25) is 0 Å².